The van der Waals surface area contributed by atoms with Crippen LogP contribution in [0.15, 0.2) is 16.6 Å². The summed E-state index contributed by atoms with van der Waals surface area (Å²) in [6, 6.07) is 3.63. The second-order valence-corrected chi connectivity index (χ2v) is 5.65. The second-order valence-electron chi connectivity index (χ2n) is 3.16. The van der Waals surface area contributed by atoms with Gasteiger partial charge in [-0.25, -0.2) is 0 Å². The third-order valence-corrected chi connectivity index (χ3v) is 2.59. The maximum atomic E-state index is 11.0. The first-order valence-electron chi connectivity index (χ1n) is 3.96. The van der Waals surface area contributed by atoms with E-state index in [4.69, 9.17) is 4.18 Å². The van der Waals surface area contributed by atoms with Gasteiger partial charge in [-0.1, -0.05) is 15.9 Å². The number of hydrogen-bond acceptors (Lipinski definition) is 3. The van der Waals surface area contributed by atoms with Crippen molar-refractivity contribution < 1.29 is 12.6 Å². The van der Waals surface area contributed by atoms with E-state index in [1.165, 1.54) is 0 Å². The topological polar surface area (TPSA) is 43.4 Å². The molecule has 0 aliphatic rings. The number of benzene rings is 1. The molecule has 3 nitrogen and oxygen atoms in total. The molecule has 0 saturated heterocycles. The zero-order valence-electron chi connectivity index (χ0n) is 8.17. The minimum atomic E-state index is -3.45. The van der Waals surface area contributed by atoms with Crippen molar-refractivity contribution in [2.45, 2.75) is 13.8 Å². The zero-order chi connectivity index (χ0) is 10.9. The van der Waals surface area contributed by atoms with Gasteiger partial charge in [-0.15, -0.1) is 0 Å². The zero-order valence-corrected chi connectivity index (χ0v) is 10.6. The molecule has 0 N–H and O–H groups in total. The SMILES string of the molecule is Cc1cc(Br)cc(C)c1OS(C)(=O)=O. The van der Waals surface area contributed by atoms with E-state index in [9.17, 15) is 8.42 Å². The molecule has 0 bridgehead atoms. The van der Waals surface area contributed by atoms with Gasteiger partial charge in [0.15, 0.2) is 0 Å². The van der Waals surface area contributed by atoms with Gasteiger partial charge in [-0.05, 0) is 37.1 Å². The van der Waals surface area contributed by atoms with Gasteiger partial charge in [0, 0.05) is 4.47 Å². The summed E-state index contributed by atoms with van der Waals surface area (Å²) in [5.41, 5.74) is 1.59. The molecule has 5 heteroatoms. The van der Waals surface area contributed by atoms with E-state index in [0.717, 1.165) is 21.9 Å². The van der Waals surface area contributed by atoms with Crippen LogP contribution < -0.4 is 4.18 Å². The van der Waals surface area contributed by atoms with Crippen molar-refractivity contribution in [1.29, 1.82) is 0 Å². The summed E-state index contributed by atoms with van der Waals surface area (Å²) in [7, 11) is -3.45. The lowest BCUT2D eigenvalue weighted by atomic mass is 10.1. The van der Waals surface area contributed by atoms with Crippen LogP contribution in [-0.4, -0.2) is 14.7 Å². The lowest BCUT2D eigenvalue weighted by molar-refractivity contribution is 0.489. The molecule has 78 valence electrons. The highest BCUT2D eigenvalue weighted by atomic mass is 79.9. The second kappa shape index (κ2) is 3.90. The molecule has 0 spiro atoms. The summed E-state index contributed by atoms with van der Waals surface area (Å²) >= 11 is 3.32. The first kappa shape index (κ1) is 11.5. The quantitative estimate of drug-likeness (QED) is 0.781. The Morgan fingerprint density at radius 2 is 1.64 bits per heavy atom. The van der Waals surface area contributed by atoms with Crippen molar-refractivity contribution in [1.82, 2.24) is 0 Å². The lowest BCUT2D eigenvalue weighted by Gasteiger charge is -2.09. The molecule has 0 aromatic heterocycles. The Kier molecular flexibility index (Phi) is 3.21. The Balaban J connectivity index is 3.22. The van der Waals surface area contributed by atoms with Crippen LogP contribution in [0.2, 0.25) is 0 Å². The van der Waals surface area contributed by atoms with Gasteiger partial charge in [0.2, 0.25) is 0 Å². The molecule has 1 aromatic carbocycles. The van der Waals surface area contributed by atoms with Crippen molar-refractivity contribution in [3.05, 3.63) is 27.7 Å². The Hall–Kier alpha value is -0.550. The maximum absolute atomic E-state index is 11.0. The van der Waals surface area contributed by atoms with Crippen molar-refractivity contribution in [2.75, 3.05) is 6.26 Å². The normalized spacial score (nSPS) is 11.4. The standard InChI is InChI=1S/C9H11BrO3S/c1-6-4-8(10)5-7(2)9(6)13-14(3,11)12/h4-5H,1-3H3. The molecule has 0 aliphatic heterocycles. The number of aryl methyl sites for hydroxylation is 2. The third kappa shape index (κ3) is 2.99. The minimum absolute atomic E-state index is 0.413. The number of rotatable bonds is 2. The van der Waals surface area contributed by atoms with E-state index >= 15 is 0 Å². The highest BCUT2D eigenvalue weighted by Crippen LogP contribution is 2.28. The average Bonchev–Trinajstić information content (AvgIpc) is 1.95. The fraction of sp³-hybridized carbons (Fsp3) is 0.333. The summed E-state index contributed by atoms with van der Waals surface area (Å²) in [6.45, 7) is 3.61. The molecular formula is C9H11BrO3S. The van der Waals surface area contributed by atoms with Crippen LogP contribution in [-0.2, 0) is 10.1 Å². The highest BCUT2D eigenvalue weighted by Gasteiger charge is 2.10. The summed E-state index contributed by atoms with van der Waals surface area (Å²) in [5.74, 6) is 0.413. The molecule has 0 aliphatic carbocycles. The molecular weight excluding hydrogens is 268 g/mol. The molecule has 14 heavy (non-hydrogen) atoms. The van der Waals surface area contributed by atoms with Crippen LogP contribution in [0.25, 0.3) is 0 Å². The van der Waals surface area contributed by atoms with Gasteiger partial charge >= 0.3 is 10.1 Å². The van der Waals surface area contributed by atoms with Crippen molar-refractivity contribution in [3.8, 4) is 5.75 Å². The largest absolute Gasteiger partial charge is 0.382 e. The predicted octanol–water partition coefficient (Wildman–Crippen LogP) is 2.40. The fourth-order valence-electron chi connectivity index (χ4n) is 1.18. The van der Waals surface area contributed by atoms with Crippen LogP contribution in [0, 0.1) is 13.8 Å². The summed E-state index contributed by atoms with van der Waals surface area (Å²) in [6.07, 6.45) is 1.04. The van der Waals surface area contributed by atoms with Gasteiger partial charge in [-0.2, -0.15) is 8.42 Å². The van der Waals surface area contributed by atoms with Crippen LogP contribution in [0.4, 0.5) is 0 Å². The van der Waals surface area contributed by atoms with Gasteiger partial charge in [0.1, 0.15) is 5.75 Å². The smallest absolute Gasteiger partial charge is 0.306 e. The molecule has 0 saturated carbocycles. The maximum Gasteiger partial charge on any atom is 0.306 e. The Morgan fingerprint density at radius 3 is 2.00 bits per heavy atom. The molecule has 1 rings (SSSR count). The monoisotopic (exact) mass is 278 g/mol. The molecule has 0 heterocycles. The molecule has 0 unspecified atom stereocenters. The molecule has 1 aromatic rings. The molecule has 0 radical (unpaired) electrons. The van der Waals surface area contributed by atoms with Gasteiger partial charge < -0.3 is 4.18 Å². The first-order chi connectivity index (χ1) is 6.29. The van der Waals surface area contributed by atoms with E-state index < -0.39 is 10.1 Å². The average molecular weight is 279 g/mol. The van der Waals surface area contributed by atoms with Crippen LogP contribution in [0.3, 0.4) is 0 Å². The summed E-state index contributed by atoms with van der Waals surface area (Å²) < 4.78 is 27.7. The van der Waals surface area contributed by atoms with E-state index in [1.54, 1.807) is 13.8 Å². The Morgan fingerprint density at radius 1 is 1.21 bits per heavy atom. The van der Waals surface area contributed by atoms with E-state index in [-0.39, 0.29) is 0 Å². The first-order valence-corrected chi connectivity index (χ1v) is 6.57. The van der Waals surface area contributed by atoms with Crippen LogP contribution >= 0.6 is 15.9 Å². The lowest BCUT2D eigenvalue weighted by Crippen LogP contribution is -2.07. The Bertz CT molecular complexity index is 428. The van der Waals surface area contributed by atoms with Crippen LogP contribution in [0.1, 0.15) is 11.1 Å². The van der Waals surface area contributed by atoms with Crippen molar-refractivity contribution in [2.24, 2.45) is 0 Å². The fourth-order valence-corrected chi connectivity index (χ4v) is 2.43. The van der Waals surface area contributed by atoms with E-state index in [0.29, 0.717) is 5.75 Å². The molecule has 0 amide bonds. The Labute approximate surface area is 92.3 Å². The number of halogens is 1. The van der Waals surface area contributed by atoms with Gasteiger partial charge in [-0.3, -0.25) is 0 Å². The van der Waals surface area contributed by atoms with Crippen LogP contribution in [0.5, 0.6) is 5.75 Å². The van der Waals surface area contributed by atoms with Gasteiger partial charge in [0.05, 0.1) is 6.26 Å². The van der Waals surface area contributed by atoms with E-state index in [1.807, 2.05) is 12.1 Å². The summed E-state index contributed by atoms with van der Waals surface area (Å²) in [4.78, 5) is 0. The minimum Gasteiger partial charge on any atom is -0.382 e. The third-order valence-electron chi connectivity index (χ3n) is 1.66. The van der Waals surface area contributed by atoms with Gasteiger partial charge in [0.25, 0.3) is 0 Å². The summed E-state index contributed by atoms with van der Waals surface area (Å²) in [5, 5.41) is 0. The number of hydrogen-bond donors (Lipinski definition) is 0. The van der Waals surface area contributed by atoms with Crippen molar-refractivity contribution in [3.63, 3.8) is 0 Å². The van der Waals surface area contributed by atoms with Crippen molar-refractivity contribution >= 4 is 26.0 Å². The van der Waals surface area contributed by atoms with E-state index in [2.05, 4.69) is 15.9 Å². The molecule has 0 fully saturated rings. The molecule has 0 atom stereocenters. The highest BCUT2D eigenvalue weighted by molar-refractivity contribution is 9.10. The predicted molar refractivity (Wildman–Crippen MR) is 59.1 cm³/mol.